The van der Waals surface area contributed by atoms with Crippen molar-refractivity contribution in [2.24, 2.45) is 17.3 Å². The Kier molecular flexibility index (Phi) is 72.7. The van der Waals surface area contributed by atoms with Crippen LogP contribution in [0.5, 0.6) is 0 Å². The first-order chi connectivity index (χ1) is 47.8. The molecule has 24 heteroatoms. The molecule has 0 fully saturated rings. The molecule has 0 aromatic heterocycles. The van der Waals surface area contributed by atoms with Gasteiger partial charge in [-0.3, -0.25) is 57.5 Å². The van der Waals surface area contributed by atoms with Crippen LogP contribution in [0.1, 0.15) is 214 Å². The molecule has 0 saturated heterocycles. The smallest absolute Gasteiger partial charge is 0.311 e. The van der Waals surface area contributed by atoms with Crippen LogP contribution in [0.25, 0.3) is 0 Å². The highest BCUT2D eigenvalue weighted by molar-refractivity contribution is 5.89. The third-order valence-electron chi connectivity index (χ3n) is 14.1. The van der Waals surface area contributed by atoms with Crippen molar-refractivity contribution in [1.82, 2.24) is 29.4 Å². The Hall–Kier alpha value is -7.92. The van der Waals surface area contributed by atoms with Crippen molar-refractivity contribution in [3.8, 4) is 0 Å². The van der Waals surface area contributed by atoms with E-state index in [2.05, 4.69) is 39.5 Å². The fourth-order valence-electron chi connectivity index (χ4n) is 8.01. The van der Waals surface area contributed by atoms with Crippen LogP contribution in [-0.4, -0.2) is 219 Å². The van der Waals surface area contributed by atoms with Gasteiger partial charge in [0.05, 0.1) is 51.0 Å². The molecule has 6 amide bonds. The molecule has 0 rings (SSSR count). The number of hydrogen-bond donors (Lipinski definition) is 0. The molecule has 0 aliphatic rings. The van der Waals surface area contributed by atoms with Gasteiger partial charge in [0.15, 0.2) is 0 Å². The van der Waals surface area contributed by atoms with E-state index in [-0.39, 0.29) is 77.2 Å². The highest BCUT2D eigenvalue weighted by Gasteiger charge is 2.23. The van der Waals surface area contributed by atoms with E-state index in [9.17, 15) is 57.5 Å². The lowest BCUT2D eigenvalue weighted by molar-refractivity contribution is -0.153. The maximum Gasteiger partial charge on any atom is 0.311 e. The molecule has 0 unspecified atom stereocenters. The number of likely N-dealkylation sites (N-methyl/N-ethyl adjacent to an activating group) is 6. The normalized spacial score (nSPS) is 10.0. The monoisotopic (exact) mass is 1430 g/mol. The standard InChI is InChI=1S/2C14H25NO3.2C13H23NO3.C12H21NO3.C11H19NO3/c1-6-12(16)15(7-2)10-8-9-11-18-13(17)14(3,4)5;1-5-13(16)15(6-2)9-7-8-10-18-14(17)11-12(3)4;1-5-12(15)14(6-2)9-7-8-10-17-13(16)11(3)4;1-4-9-13(16)17-11-8-7-10-14(6-3)12(15)5-2;1-4-11(14)13(6-3)9-7-8-10-16-12(15)5-2;1-4-11(14)12(5-2)8-6-7-9-15-10(3)13/h6H,1,7-11H2,2-5H3;5,12H,1,6-11H2,2-4H3;5,11H,1,6-10H2,2-4H3;5H,2,4,6-11H2,1,3H3;4H,1,5-10H2,2-3H3;4H,1,5-9H2,2-3H3. The van der Waals surface area contributed by atoms with Crippen LogP contribution in [0.3, 0.4) is 0 Å². The highest BCUT2D eigenvalue weighted by Crippen LogP contribution is 2.15. The van der Waals surface area contributed by atoms with E-state index in [1.807, 2.05) is 96.9 Å². The first kappa shape index (κ1) is 104. The minimum Gasteiger partial charge on any atom is -0.466 e. The number of nitrogens with zero attached hydrogens (tertiary/aromatic N) is 6. The lowest BCUT2D eigenvalue weighted by Crippen LogP contribution is -2.30. The number of hydrogen-bond acceptors (Lipinski definition) is 18. The van der Waals surface area contributed by atoms with Crippen molar-refractivity contribution < 1.29 is 86.0 Å². The molecular weight excluding hydrogens is 1300 g/mol. The van der Waals surface area contributed by atoms with E-state index < -0.39 is 5.41 Å². The summed E-state index contributed by atoms with van der Waals surface area (Å²) in [7, 11) is 0. The summed E-state index contributed by atoms with van der Waals surface area (Å²) in [4.78, 5) is 144. The SMILES string of the molecule is C=CC(=O)N(CC)CCCCOC(=O)C(C)(C)C.C=CC(=O)N(CC)CCCCOC(=O)C(C)C.C=CC(=O)N(CC)CCCCOC(=O)CC.C=CC(=O)N(CC)CCCCOC(=O)CC(C)C.C=CC(=O)N(CC)CCCCOC(=O)CCC.C=CC(=O)N(CC)CCCCOC(C)=O. The zero-order valence-corrected chi connectivity index (χ0v) is 65.4. The van der Waals surface area contributed by atoms with Gasteiger partial charge in [0.1, 0.15) is 0 Å². The van der Waals surface area contributed by atoms with Crippen LogP contribution in [0, 0.1) is 17.3 Å². The summed E-state index contributed by atoms with van der Waals surface area (Å²) in [5, 5.41) is 0. The van der Waals surface area contributed by atoms with Gasteiger partial charge in [-0.2, -0.15) is 0 Å². The van der Waals surface area contributed by atoms with Crippen molar-refractivity contribution in [3.63, 3.8) is 0 Å². The molecule has 101 heavy (non-hydrogen) atoms. The van der Waals surface area contributed by atoms with Gasteiger partial charge in [-0.1, -0.05) is 81.0 Å². The van der Waals surface area contributed by atoms with Crippen LogP contribution in [0.4, 0.5) is 0 Å². The number of ether oxygens (including phenoxy) is 6. The van der Waals surface area contributed by atoms with Gasteiger partial charge in [-0.05, 0) is 188 Å². The molecule has 0 aliphatic heterocycles. The first-order valence-corrected chi connectivity index (χ1v) is 36.2. The number of esters is 6. The van der Waals surface area contributed by atoms with Gasteiger partial charge in [-0.15, -0.1) is 0 Å². The Morgan fingerprint density at radius 2 is 0.594 bits per heavy atom. The number of carbonyl (C=O) groups is 12. The number of unbranched alkanes of at least 4 members (excludes halogenated alkanes) is 6. The summed E-state index contributed by atoms with van der Waals surface area (Å²) in [6, 6.07) is 0. The maximum absolute atomic E-state index is 11.5. The molecule has 0 aromatic rings. The second-order valence-electron chi connectivity index (χ2n) is 24.4. The van der Waals surface area contributed by atoms with E-state index in [4.69, 9.17) is 28.4 Å². The minimum absolute atomic E-state index is 0.0459. The van der Waals surface area contributed by atoms with Crippen molar-refractivity contribution in [1.29, 1.82) is 0 Å². The Morgan fingerprint density at radius 3 is 0.812 bits per heavy atom. The average molecular weight is 1430 g/mol. The Balaban J connectivity index is -0.000000268. The van der Waals surface area contributed by atoms with Crippen molar-refractivity contribution in [3.05, 3.63) is 75.9 Å². The summed E-state index contributed by atoms with van der Waals surface area (Å²) in [6.07, 6.45) is 19.8. The second-order valence-corrected chi connectivity index (χ2v) is 24.4. The van der Waals surface area contributed by atoms with Crippen molar-refractivity contribution in [2.75, 3.05) is 118 Å². The van der Waals surface area contributed by atoms with Gasteiger partial charge in [0.2, 0.25) is 35.4 Å². The number of amides is 6. The summed E-state index contributed by atoms with van der Waals surface area (Å²) in [5.41, 5.74) is -0.450. The summed E-state index contributed by atoms with van der Waals surface area (Å²) >= 11 is 0. The van der Waals surface area contributed by atoms with E-state index in [1.165, 1.54) is 43.4 Å². The third kappa shape index (κ3) is 65.2. The highest BCUT2D eigenvalue weighted by atomic mass is 16.6. The summed E-state index contributed by atoms with van der Waals surface area (Å²) in [6.45, 7) is 61.2. The van der Waals surface area contributed by atoms with Crippen LogP contribution >= 0.6 is 0 Å². The van der Waals surface area contributed by atoms with E-state index in [1.54, 1.807) is 36.3 Å². The zero-order valence-electron chi connectivity index (χ0n) is 65.4. The Bertz CT molecular complexity index is 2370. The Morgan fingerprint density at radius 1 is 0.347 bits per heavy atom. The molecule has 0 radical (unpaired) electrons. The molecule has 582 valence electrons. The molecule has 0 bridgehead atoms. The minimum atomic E-state index is -0.450. The van der Waals surface area contributed by atoms with Crippen LogP contribution in [-0.2, 0) is 86.0 Å². The summed E-state index contributed by atoms with van der Waals surface area (Å²) in [5.74, 6) is -1.10. The maximum atomic E-state index is 11.5. The predicted octanol–water partition coefficient (Wildman–Crippen LogP) is 12.0. The third-order valence-corrected chi connectivity index (χ3v) is 14.1. The van der Waals surface area contributed by atoms with E-state index in [0.717, 1.165) is 83.5 Å². The van der Waals surface area contributed by atoms with Crippen molar-refractivity contribution >= 4 is 71.3 Å². The lowest BCUT2D eigenvalue weighted by atomic mass is 9.97. The Labute approximate surface area is 609 Å². The predicted molar refractivity (Wildman–Crippen MR) is 400 cm³/mol. The molecule has 0 heterocycles. The number of rotatable bonds is 48. The number of carbonyl (C=O) groups excluding carboxylic acids is 12. The topological polar surface area (TPSA) is 280 Å². The van der Waals surface area contributed by atoms with Gasteiger partial charge >= 0.3 is 35.8 Å². The molecule has 0 spiro atoms. The quantitative estimate of drug-likeness (QED) is 0.0237. The van der Waals surface area contributed by atoms with Gasteiger partial charge in [0, 0.05) is 105 Å². The molecule has 0 saturated carbocycles. The van der Waals surface area contributed by atoms with Crippen LogP contribution in [0.2, 0.25) is 0 Å². The van der Waals surface area contributed by atoms with Crippen molar-refractivity contribution in [2.45, 2.75) is 214 Å². The van der Waals surface area contributed by atoms with E-state index >= 15 is 0 Å². The lowest BCUT2D eigenvalue weighted by Gasteiger charge is -2.19. The molecule has 0 N–H and O–H groups in total. The fraction of sp³-hybridized carbons (Fsp3) is 0.688. The first-order valence-electron chi connectivity index (χ1n) is 36.2. The fourth-order valence-corrected chi connectivity index (χ4v) is 8.01. The van der Waals surface area contributed by atoms with Crippen LogP contribution < -0.4 is 0 Å². The average Bonchev–Trinajstić information content (AvgIpc) is 0.995. The zero-order chi connectivity index (χ0) is 78.6. The summed E-state index contributed by atoms with van der Waals surface area (Å²) < 4.78 is 30.0. The van der Waals surface area contributed by atoms with Crippen LogP contribution in [0.15, 0.2) is 75.9 Å². The molecule has 0 aromatic carbocycles. The second kappa shape index (κ2) is 70.5. The van der Waals surface area contributed by atoms with E-state index in [0.29, 0.717) is 143 Å². The van der Waals surface area contributed by atoms with Gasteiger partial charge in [-0.25, -0.2) is 0 Å². The molecule has 0 aliphatic carbocycles. The molecule has 0 atom stereocenters. The van der Waals surface area contributed by atoms with Gasteiger partial charge in [0.25, 0.3) is 0 Å². The molecular formula is C77H136N6O18. The molecule has 24 nitrogen and oxygen atoms in total. The largest absolute Gasteiger partial charge is 0.466 e. The van der Waals surface area contributed by atoms with Gasteiger partial charge < -0.3 is 57.8 Å².